The van der Waals surface area contributed by atoms with E-state index in [0.717, 1.165) is 0 Å². The number of carbonyl (C=O) groups excluding carboxylic acids is 1. The number of nitro groups is 1. The number of non-ortho nitro benzene ring substituents is 1. The van der Waals surface area contributed by atoms with Gasteiger partial charge in [0.05, 0.1) is 150 Å². The Bertz CT molecular complexity index is 1020. The van der Waals surface area contributed by atoms with Gasteiger partial charge in [-0.2, -0.15) is 0 Å². The second kappa shape index (κ2) is 34.7. The smallest absolute Gasteiger partial charge is 0.410 e. The second-order valence-electron chi connectivity index (χ2n) is 12.2. The molecule has 0 heterocycles. The minimum absolute atomic E-state index is 0.0216. The van der Waals surface area contributed by atoms with Gasteiger partial charge in [0.2, 0.25) is 0 Å². The monoisotopic (exact) mass is 780 g/mol. The van der Waals surface area contributed by atoms with Gasteiger partial charge < -0.3 is 66.5 Å². The highest BCUT2D eigenvalue weighted by atomic mass is 16.6. The maximum absolute atomic E-state index is 11.9. The Kier molecular flexibility index (Phi) is 31.7. The van der Waals surface area contributed by atoms with E-state index in [-0.39, 0.29) is 11.8 Å². The number of nitrogens with zero attached hydrogens (tertiary/aromatic N) is 2. The van der Waals surface area contributed by atoms with Crippen molar-refractivity contribution in [2.45, 2.75) is 26.4 Å². The summed E-state index contributed by atoms with van der Waals surface area (Å²) in [6, 6.07) is 5.90. The molecular formula is C36H64N2O16. The number of ether oxygens (including phenoxy) is 13. The maximum Gasteiger partial charge on any atom is 0.410 e. The molecule has 0 aliphatic heterocycles. The Labute approximate surface area is 319 Å². The molecule has 0 bridgehead atoms. The van der Waals surface area contributed by atoms with Crippen LogP contribution in [0.1, 0.15) is 20.8 Å². The van der Waals surface area contributed by atoms with Crippen LogP contribution >= 0.6 is 0 Å². The lowest BCUT2D eigenvalue weighted by Gasteiger charge is -2.24. The van der Waals surface area contributed by atoms with Crippen LogP contribution in [0, 0.1) is 10.1 Å². The van der Waals surface area contributed by atoms with Crippen LogP contribution < -0.4 is 4.74 Å². The van der Waals surface area contributed by atoms with Crippen LogP contribution in [0.15, 0.2) is 24.3 Å². The average Bonchev–Trinajstić information content (AvgIpc) is 3.14. The lowest BCUT2D eigenvalue weighted by molar-refractivity contribution is -0.384. The Hall–Kier alpha value is -2.75. The van der Waals surface area contributed by atoms with Crippen molar-refractivity contribution >= 4 is 11.8 Å². The van der Waals surface area contributed by atoms with Crippen LogP contribution in [0.3, 0.4) is 0 Å². The van der Waals surface area contributed by atoms with Gasteiger partial charge in [-0.1, -0.05) is 0 Å². The molecule has 18 heteroatoms. The van der Waals surface area contributed by atoms with Gasteiger partial charge >= 0.3 is 6.09 Å². The third kappa shape index (κ3) is 32.7. The Morgan fingerprint density at radius 3 is 1.07 bits per heavy atom. The molecular weight excluding hydrogens is 716 g/mol. The van der Waals surface area contributed by atoms with Gasteiger partial charge in [0, 0.05) is 25.7 Å². The summed E-state index contributed by atoms with van der Waals surface area (Å²) in [4.78, 5) is 23.5. The van der Waals surface area contributed by atoms with E-state index >= 15 is 0 Å². The molecule has 1 aromatic carbocycles. The molecule has 0 saturated heterocycles. The summed E-state index contributed by atoms with van der Waals surface area (Å²) in [7, 11) is 1.68. The first-order chi connectivity index (χ1) is 26.2. The molecule has 18 nitrogen and oxygen atoms in total. The molecule has 0 unspecified atom stereocenters. The first kappa shape index (κ1) is 49.3. The predicted molar refractivity (Wildman–Crippen MR) is 196 cm³/mol. The van der Waals surface area contributed by atoms with Crippen molar-refractivity contribution in [3.63, 3.8) is 0 Å². The van der Waals surface area contributed by atoms with Crippen molar-refractivity contribution in [3.05, 3.63) is 34.4 Å². The van der Waals surface area contributed by atoms with Gasteiger partial charge in [-0.25, -0.2) is 4.79 Å². The quantitative estimate of drug-likeness (QED) is 0.0542. The molecule has 0 aromatic heterocycles. The standard InChI is InChI=1S/C36H64N2O16/c1-36(2,3)54-35(39)37(4)9-10-42-11-12-43-13-14-44-15-16-45-17-18-46-19-20-47-21-22-48-23-24-49-25-26-50-27-28-51-29-30-52-31-32-53-34-7-5-33(6-8-34)38(40)41/h5-8H,9-32H2,1-4H3. The highest BCUT2D eigenvalue weighted by Gasteiger charge is 2.19. The molecule has 1 aromatic rings. The van der Waals surface area contributed by atoms with Crippen molar-refractivity contribution in [1.29, 1.82) is 0 Å². The molecule has 0 fully saturated rings. The summed E-state index contributed by atoms with van der Waals surface area (Å²) >= 11 is 0. The van der Waals surface area contributed by atoms with E-state index in [0.29, 0.717) is 164 Å². The van der Waals surface area contributed by atoms with E-state index in [1.54, 1.807) is 19.2 Å². The number of benzene rings is 1. The van der Waals surface area contributed by atoms with Crippen molar-refractivity contribution in [3.8, 4) is 5.75 Å². The van der Waals surface area contributed by atoms with Gasteiger partial charge in [0.1, 0.15) is 18.0 Å². The van der Waals surface area contributed by atoms with Gasteiger partial charge in [-0.05, 0) is 32.9 Å². The minimum atomic E-state index is -0.517. The molecule has 54 heavy (non-hydrogen) atoms. The predicted octanol–water partition coefficient (Wildman–Crippen LogP) is 3.02. The SMILES string of the molecule is CN(CCOCCOCCOCCOCCOCCOCCOCCOCCOCCOCCOCCOc1ccc([N+](=O)[O-])cc1)C(=O)OC(C)(C)C. The zero-order valence-electron chi connectivity index (χ0n) is 32.7. The fourth-order valence-corrected chi connectivity index (χ4v) is 3.82. The van der Waals surface area contributed by atoms with Gasteiger partial charge in [0.25, 0.3) is 5.69 Å². The van der Waals surface area contributed by atoms with E-state index in [1.807, 2.05) is 20.8 Å². The molecule has 0 radical (unpaired) electrons. The van der Waals surface area contributed by atoms with Gasteiger partial charge in [-0.3, -0.25) is 10.1 Å². The van der Waals surface area contributed by atoms with E-state index in [2.05, 4.69) is 0 Å². The molecule has 0 aliphatic carbocycles. The Morgan fingerprint density at radius 1 is 0.519 bits per heavy atom. The van der Waals surface area contributed by atoms with Crippen molar-refractivity contribution < 1.29 is 71.3 Å². The third-order valence-electron chi connectivity index (χ3n) is 6.54. The van der Waals surface area contributed by atoms with Crippen LogP contribution in [-0.4, -0.2) is 187 Å². The zero-order chi connectivity index (χ0) is 39.4. The zero-order valence-corrected chi connectivity index (χ0v) is 32.7. The Morgan fingerprint density at radius 2 is 0.796 bits per heavy atom. The van der Waals surface area contributed by atoms with Gasteiger partial charge in [-0.15, -0.1) is 0 Å². The van der Waals surface area contributed by atoms with E-state index < -0.39 is 10.5 Å². The minimum Gasteiger partial charge on any atom is -0.491 e. The largest absolute Gasteiger partial charge is 0.491 e. The molecule has 314 valence electrons. The van der Waals surface area contributed by atoms with Crippen molar-refractivity contribution in [2.75, 3.05) is 166 Å². The maximum atomic E-state index is 11.9. The van der Waals surface area contributed by atoms with Crippen LogP contribution in [-0.2, 0) is 56.8 Å². The van der Waals surface area contributed by atoms with Gasteiger partial charge in [0.15, 0.2) is 0 Å². The second-order valence-corrected chi connectivity index (χ2v) is 12.2. The first-order valence-electron chi connectivity index (χ1n) is 18.4. The van der Waals surface area contributed by atoms with Crippen LogP contribution in [0.25, 0.3) is 0 Å². The summed E-state index contributed by atoms with van der Waals surface area (Å²) in [5.74, 6) is 0.551. The number of hydrogen-bond donors (Lipinski definition) is 0. The van der Waals surface area contributed by atoms with Crippen molar-refractivity contribution in [1.82, 2.24) is 4.90 Å². The molecule has 0 aliphatic rings. The third-order valence-corrected chi connectivity index (χ3v) is 6.54. The van der Waals surface area contributed by atoms with E-state index in [1.165, 1.54) is 17.0 Å². The molecule has 0 saturated carbocycles. The lowest BCUT2D eigenvalue weighted by Crippen LogP contribution is -2.36. The van der Waals surface area contributed by atoms with Crippen LogP contribution in [0.5, 0.6) is 5.75 Å². The molecule has 0 N–H and O–H groups in total. The fraction of sp³-hybridized carbons (Fsp3) is 0.806. The highest BCUT2D eigenvalue weighted by molar-refractivity contribution is 5.67. The number of nitro benzene ring substituents is 1. The summed E-state index contributed by atoms with van der Waals surface area (Å²) in [6.45, 7) is 16.4. The lowest BCUT2D eigenvalue weighted by atomic mass is 10.2. The first-order valence-corrected chi connectivity index (χ1v) is 18.4. The average molecular weight is 781 g/mol. The van der Waals surface area contributed by atoms with Crippen LogP contribution in [0.4, 0.5) is 10.5 Å². The fourth-order valence-electron chi connectivity index (χ4n) is 3.82. The number of carbonyl (C=O) groups is 1. The van der Waals surface area contributed by atoms with Crippen molar-refractivity contribution in [2.24, 2.45) is 0 Å². The number of amides is 1. The molecule has 1 amide bonds. The number of rotatable bonds is 38. The summed E-state index contributed by atoms with van der Waals surface area (Å²) in [6.07, 6.45) is -0.371. The van der Waals surface area contributed by atoms with E-state index in [4.69, 9.17) is 61.6 Å². The molecule has 0 atom stereocenters. The summed E-state index contributed by atoms with van der Waals surface area (Å²) in [5.41, 5.74) is -0.495. The number of hydrogen-bond acceptors (Lipinski definition) is 16. The Balaban J connectivity index is 1.67. The topological polar surface area (TPSA) is 183 Å². The molecule has 1 rings (SSSR count). The van der Waals surface area contributed by atoms with Crippen LogP contribution in [0.2, 0.25) is 0 Å². The number of likely N-dealkylation sites (N-methyl/N-ethyl adjacent to an activating group) is 1. The highest BCUT2D eigenvalue weighted by Crippen LogP contribution is 2.17. The summed E-state index contributed by atoms with van der Waals surface area (Å²) < 4.78 is 70.9. The molecule has 0 spiro atoms. The van der Waals surface area contributed by atoms with E-state index in [9.17, 15) is 14.9 Å². The normalized spacial score (nSPS) is 11.6. The summed E-state index contributed by atoms with van der Waals surface area (Å²) in [5, 5.41) is 10.6.